The molecule has 124 valence electrons. The van der Waals surface area contributed by atoms with Crippen molar-refractivity contribution in [2.24, 2.45) is 0 Å². The van der Waals surface area contributed by atoms with Gasteiger partial charge in [0.2, 0.25) is 0 Å². The van der Waals surface area contributed by atoms with Gasteiger partial charge in [-0.2, -0.15) is 13.2 Å². The minimum Gasteiger partial charge on any atom is -0.314 e. The highest BCUT2D eigenvalue weighted by Gasteiger charge is 2.35. The number of nitrogens with zero attached hydrogens (tertiary/aromatic N) is 1. The van der Waals surface area contributed by atoms with Crippen LogP contribution in [0.3, 0.4) is 0 Å². The highest BCUT2D eigenvalue weighted by atomic mass is 19.4. The molecule has 0 radical (unpaired) electrons. The molecule has 3 rings (SSSR count). The van der Waals surface area contributed by atoms with Gasteiger partial charge in [-0.05, 0) is 30.1 Å². The summed E-state index contributed by atoms with van der Waals surface area (Å²) in [5.74, 6) is 0. The lowest BCUT2D eigenvalue weighted by atomic mass is 9.89. The van der Waals surface area contributed by atoms with Gasteiger partial charge in [0, 0.05) is 31.8 Å². The normalized spacial score (nSPS) is 21.5. The summed E-state index contributed by atoms with van der Waals surface area (Å²) in [4.78, 5) is 2.27. The zero-order chi connectivity index (χ0) is 16.3. The van der Waals surface area contributed by atoms with E-state index in [1.54, 1.807) is 0 Å². The summed E-state index contributed by atoms with van der Waals surface area (Å²) in [6.07, 6.45) is -0.367. The first-order valence-electron chi connectivity index (χ1n) is 8.03. The molecule has 1 aliphatic carbocycles. The van der Waals surface area contributed by atoms with Crippen LogP contribution in [-0.4, -0.2) is 37.3 Å². The minimum atomic E-state index is -4.23. The Morgan fingerprint density at radius 3 is 2.39 bits per heavy atom. The van der Waals surface area contributed by atoms with Crippen LogP contribution >= 0.6 is 0 Å². The van der Waals surface area contributed by atoms with E-state index in [4.69, 9.17) is 0 Å². The van der Waals surface area contributed by atoms with Gasteiger partial charge >= 0.3 is 6.18 Å². The van der Waals surface area contributed by atoms with E-state index in [0.29, 0.717) is 6.42 Å². The number of benzene rings is 1. The van der Waals surface area contributed by atoms with Gasteiger partial charge in [0.1, 0.15) is 0 Å². The van der Waals surface area contributed by atoms with Crippen molar-refractivity contribution in [3.05, 3.63) is 59.2 Å². The maximum absolute atomic E-state index is 13.1. The molecule has 0 spiro atoms. The Labute approximate surface area is 134 Å². The van der Waals surface area contributed by atoms with Gasteiger partial charge in [0.15, 0.2) is 0 Å². The van der Waals surface area contributed by atoms with Crippen molar-refractivity contribution in [1.82, 2.24) is 10.2 Å². The molecule has 1 aliphatic heterocycles. The number of halogens is 3. The SMILES string of the molecule is FC(F)(F)C1=CC(C(c2ccccc2)N2CCNCC2)=CCC1. The summed E-state index contributed by atoms with van der Waals surface area (Å²) in [5, 5.41) is 3.30. The van der Waals surface area contributed by atoms with Crippen LogP contribution in [0.5, 0.6) is 0 Å². The molecule has 1 N–H and O–H groups in total. The zero-order valence-corrected chi connectivity index (χ0v) is 12.9. The largest absolute Gasteiger partial charge is 0.412 e. The Hall–Kier alpha value is -1.59. The third kappa shape index (κ3) is 3.85. The smallest absolute Gasteiger partial charge is 0.314 e. The van der Waals surface area contributed by atoms with Crippen LogP contribution in [0.1, 0.15) is 24.4 Å². The first-order chi connectivity index (χ1) is 11.1. The monoisotopic (exact) mass is 322 g/mol. The summed E-state index contributed by atoms with van der Waals surface area (Å²) < 4.78 is 39.3. The number of hydrogen-bond donors (Lipinski definition) is 1. The second kappa shape index (κ2) is 6.89. The van der Waals surface area contributed by atoms with Gasteiger partial charge < -0.3 is 5.32 Å². The van der Waals surface area contributed by atoms with Crippen molar-refractivity contribution in [2.75, 3.05) is 26.2 Å². The van der Waals surface area contributed by atoms with Crippen LogP contribution in [0.15, 0.2) is 53.6 Å². The molecule has 1 fully saturated rings. The van der Waals surface area contributed by atoms with Crippen molar-refractivity contribution in [3.63, 3.8) is 0 Å². The van der Waals surface area contributed by atoms with Crippen molar-refractivity contribution >= 4 is 0 Å². The first kappa shape index (κ1) is 16.3. The molecule has 1 aromatic carbocycles. The quantitative estimate of drug-likeness (QED) is 0.909. The Morgan fingerprint density at radius 1 is 1.04 bits per heavy atom. The Morgan fingerprint density at radius 2 is 1.74 bits per heavy atom. The first-order valence-corrected chi connectivity index (χ1v) is 8.03. The maximum atomic E-state index is 13.1. The topological polar surface area (TPSA) is 15.3 Å². The third-order valence-electron chi connectivity index (χ3n) is 4.45. The van der Waals surface area contributed by atoms with Gasteiger partial charge in [-0.25, -0.2) is 0 Å². The van der Waals surface area contributed by atoms with E-state index in [2.05, 4.69) is 10.2 Å². The van der Waals surface area contributed by atoms with Gasteiger partial charge in [0.25, 0.3) is 0 Å². The predicted octanol–water partition coefficient (Wildman–Crippen LogP) is 3.84. The molecule has 2 nitrogen and oxygen atoms in total. The molecular weight excluding hydrogens is 301 g/mol. The number of hydrogen-bond acceptors (Lipinski definition) is 2. The summed E-state index contributed by atoms with van der Waals surface area (Å²) >= 11 is 0. The highest BCUT2D eigenvalue weighted by molar-refractivity contribution is 5.39. The Kier molecular flexibility index (Phi) is 4.87. The number of piperazine rings is 1. The minimum absolute atomic E-state index is 0.0794. The molecule has 0 aromatic heterocycles. The van der Waals surface area contributed by atoms with Crippen LogP contribution in [0.25, 0.3) is 0 Å². The van der Waals surface area contributed by atoms with Gasteiger partial charge in [-0.1, -0.05) is 36.4 Å². The third-order valence-corrected chi connectivity index (χ3v) is 4.45. The number of allylic oxidation sites excluding steroid dienone is 2. The molecule has 23 heavy (non-hydrogen) atoms. The lowest BCUT2D eigenvalue weighted by molar-refractivity contribution is -0.0942. The van der Waals surface area contributed by atoms with E-state index >= 15 is 0 Å². The van der Waals surface area contributed by atoms with Crippen molar-refractivity contribution in [2.45, 2.75) is 25.1 Å². The molecule has 5 heteroatoms. The summed E-state index contributed by atoms with van der Waals surface area (Å²) in [7, 11) is 0. The average Bonchev–Trinajstić information content (AvgIpc) is 2.57. The van der Waals surface area contributed by atoms with Crippen LogP contribution < -0.4 is 5.32 Å². The standard InChI is InChI=1S/C18H21F3N2/c19-18(20,21)16-8-4-7-15(13-16)17(14-5-2-1-3-6-14)23-11-9-22-10-12-23/h1-3,5-7,13,17,22H,4,8-12H2. The van der Waals surface area contributed by atoms with Gasteiger partial charge in [-0.15, -0.1) is 0 Å². The fourth-order valence-electron chi connectivity index (χ4n) is 3.33. The molecule has 1 unspecified atom stereocenters. The molecule has 1 atom stereocenters. The van der Waals surface area contributed by atoms with E-state index in [-0.39, 0.29) is 12.5 Å². The van der Waals surface area contributed by atoms with E-state index in [1.807, 2.05) is 36.4 Å². The number of alkyl halides is 3. The van der Waals surface area contributed by atoms with E-state index < -0.39 is 11.7 Å². The van der Waals surface area contributed by atoms with Crippen LogP contribution in [0, 0.1) is 0 Å². The van der Waals surface area contributed by atoms with E-state index in [1.165, 1.54) is 6.08 Å². The fourth-order valence-corrected chi connectivity index (χ4v) is 3.33. The Bertz CT molecular complexity index is 584. The van der Waals surface area contributed by atoms with Crippen LogP contribution in [0.2, 0.25) is 0 Å². The fraction of sp³-hybridized carbons (Fsp3) is 0.444. The average molecular weight is 322 g/mol. The second-order valence-corrected chi connectivity index (χ2v) is 6.01. The van der Waals surface area contributed by atoms with Crippen molar-refractivity contribution in [3.8, 4) is 0 Å². The summed E-state index contributed by atoms with van der Waals surface area (Å²) in [5.41, 5.74) is 1.42. The van der Waals surface area contributed by atoms with Crippen molar-refractivity contribution in [1.29, 1.82) is 0 Å². The highest BCUT2D eigenvalue weighted by Crippen LogP contribution is 2.38. The molecule has 1 heterocycles. The molecule has 1 aromatic rings. The lowest BCUT2D eigenvalue weighted by Crippen LogP contribution is -2.45. The van der Waals surface area contributed by atoms with E-state index in [9.17, 15) is 13.2 Å². The molecule has 0 amide bonds. The zero-order valence-electron chi connectivity index (χ0n) is 12.9. The number of nitrogens with one attached hydrogen (secondary N) is 1. The molecular formula is C18H21F3N2. The predicted molar refractivity (Wildman–Crippen MR) is 85.1 cm³/mol. The second-order valence-electron chi connectivity index (χ2n) is 6.01. The lowest BCUT2D eigenvalue weighted by Gasteiger charge is -2.37. The molecule has 1 saturated heterocycles. The van der Waals surface area contributed by atoms with Crippen LogP contribution in [0.4, 0.5) is 13.2 Å². The summed E-state index contributed by atoms with van der Waals surface area (Å²) in [6, 6.07) is 9.73. The van der Waals surface area contributed by atoms with Gasteiger partial charge in [-0.3, -0.25) is 4.90 Å². The van der Waals surface area contributed by atoms with Gasteiger partial charge in [0.05, 0.1) is 6.04 Å². The summed E-state index contributed by atoms with van der Waals surface area (Å²) in [6.45, 7) is 3.41. The number of rotatable bonds is 3. The molecule has 0 bridgehead atoms. The molecule has 2 aliphatic rings. The molecule has 0 saturated carbocycles. The van der Waals surface area contributed by atoms with Crippen molar-refractivity contribution < 1.29 is 13.2 Å². The maximum Gasteiger partial charge on any atom is 0.412 e. The Balaban J connectivity index is 1.95. The van der Waals surface area contributed by atoms with Crippen LogP contribution in [-0.2, 0) is 0 Å². The van der Waals surface area contributed by atoms with E-state index in [0.717, 1.165) is 37.3 Å².